The third kappa shape index (κ3) is 15.8. The summed E-state index contributed by atoms with van der Waals surface area (Å²) >= 11 is 0. The summed E-state index contributed by atoms with van der Waals surface area (Å²) in [4.78, 5) is 108. The Bertz CT molecular complexity index is 3430. The maximum absolute atomic E-state index is 14.7. The molecular weight excluding hydrogens is 1150 g/mol. The van der Waals surface area contributed by atoms with Crippen molar-refractivity contribution in [1.82, 2.24) is 50.1 Å². The van der Waals surface area contributed by atoms with Crippen LogP contribution < -0.4 is 30.6 Å². The maximum Gasteiger partial charge on any atom is 0.411 e. The third-order valence-corrected chi connectivity index (χ3v) is 19.7. The van der Waals surface area contributed by atoms with Gasteiger partial charge in [0.25, 0.3) is 17.4 Å². The Kier molecular flexibility index (Phi) is 20.3. The summed E-state index contributed by atoms with van der Waals surface area (Å²) in [5, 5.41) is 6.60. The van der Waals surface area contributed by atoms with Crippen LogP contribution in [0.15, 0.2) is 83.9 Å². The third-order valence-electron chi connectivity index (χ3n) is 19.7. The number of carbonyl (C=O) groups is 5. The molecule has 3 N–H and O–H groups in total. The summed E-state index contributed by atoms with van der Waals surface area (Å²) in [6, 6.07) is 20.1. The molecular formula is C70H93N11O10. The number of pyridine rings is 3. The van der Waals surface area contributed by atoms with Crippen molar-refractivity contribution >= 4 is 46.4 Å². The normalized spacial score (nSPS) is 22.1. The number of rotatable bonds is 20. The van der Waals surface area contributed by atoms with Crippen molar-refractivity contribution in [2.75, 3.05) is 104 Å². The molecule has 21 nitrogen and oxygen atoms in total. The van der Waals surface area contributed by atoms with Gasteiger partial charge in [-0.05, 0) is 151 Å². The van der Waals surface area contributed by atoms with Crippen molar-refractivity contribution in [2.45, 2.75) is 153 Å². The summed E-state index contributed by atoms with van der Waals surface area (Å²) in [5.41, 5.74) is 5.28. The molecule has 0 radical (unpaired) electrons. The highest BCUT2D eigenvalue weighted by Crippen LogP contribution is 2.44. The summed E-state index contributed by atoms with van der Waals surface area (Å²) in [6.07, 6.45) is 13.5. The Balaban J connectivity index is 0.641. The zero-order chi connectivity index (χ0) is 63.9. The van der Waals surface area contributed by atoms with Gasteiger partial charge in [0, 0.05) is 113 Å². The molecule has 488 valence electrons. The fraction of sp³-hybridized carbons (Fsp3) is 0.571. The number of hydrogen-bond acceptors (Lipinski definition) is 15. The van der Waals surface area contributed by atoms with Crippen molar-refractivity contribution in [2.24, 2.45) is 5.92 Å². The number of benzene rings is 2. The zero-order valence-corrected chi connectivity index (χ0v) is 54.2. The van der Waals surface area contributed by atoms with Crippen LogP contribution in [-0.4, -0.2) is 191 Å². The van der Waals surface area contributed by atoms with Crippen molar-refractivity contribution in [3.63, 3.8) is 0 Å². The lowest BCUT2D eigenvalue weighted by Crippen LogP contribution is -2.66. The Morgan fingerprint density at radius 3 is 2.25 bits per heavy atom. The number of ether oxygens (including phenoxy) is 4. The number of aromatic amines is 1. The number of carbonyl (C=O) groups excluding carboxylic acids is 5. The number of aryl methyl sites for hydroxylation is 1. The number of nitrogens with zero attached hydrogens (tertiary/aromatic N) is 8. The minimum Gasteiger partial charge on any atom is -0.497 e. The smallest absolute Gasteiger partial charge is 0.411 e. The topological polar surface area (TPSA) is 224 Å². The molecule has 5 aliphatic heterocycles. The minimum absolute atomic E-state index is 0.0231. The van der Waals surface area contributed by atoms with Gasteiger partial charge in [-0.3, -0.25) is 43.7 Å². The number of anilines is 1. The van der Waals surface area contributed by atoms with Crippen LogP contribution in [0.5, 0.6) is 11.5 Å². The maximum atomic E-state index is 14.7. The van der Waals surface area contributed by atoms with Crippen molar-refractivity contribution in [1.29, 1.82) is 0 Å². The van der Waals surface area contributed by atoms with Gasteiger partial charge < -0.3 is 49.3 Å². The highest BCUT2D eigenvalue weighted by atomic mass is 16.6. The fourth-order valence-electron chi connectivity index (χ4n) is 14.4. The predicted octanol–water partition coefficient (Wildman–Crippen LogP) is 8.09. The van der Waals surface area contributed by atoms with Crippen LogP contribution in [-0.2, 0) is 38.6 Å². The molecule has 7 fully saturated rings. The molecule has 91 heavy (non-hydrogen) atoms. The number of nitrogens with one attached hydrogen (secondary N) is 3. The standard InChI is InChI=1S/C70H93N11O10/c1-7-49-38-58-59(73-63(49)83)36-48(40-71-58)42-76-28-32-78(33-29-76)55-20-22-57(72-41-55)65(85)75-69-23-25-70(26-24-69,90-47-69)46-77-30-34-79(35-31-77)66(86)62(50-14-10-9-11-15-50)74-64(84)52-17-12-16-51(37-52)53-18-13-27-80(43-53)61(82)45-81(67(87)91-68(3,4)5)44-54-19-21-56(88-6)39-60(54)89-8-2/h12,16-17,19-22,36-41,50,53,62H,7-11,13-15,18,23-35,42-47H2,1-6H3,(H,73,83)(H,74,84)(H,75,85)/t53?,62-,69?,70?/m1/s1. The molecule has 1 unspecified atom stereocenters. The second kappa shape index (κ2) is 28.5. The van der Waals surface area contributed by atoms with Gasteiger partial charge in [0.15, 0.2) is 0 Å². The molecule has 2 atom stereocenters. The Labute approximate surface area is 534 Å². The van der Waals surface area contributed by atoms with Gasteiger partial charge in [-0.2, -0.15) is 0 Å². The van der Waals surface area contributed by atoms with E-state index in [9.17, 15) is 28.8 Å². The van der Waals surface area contributed by atoms with Crippen LogP contribution in [0.4, 0.5) is 10.5 Å². The molecule has 5 amide bonds. The molecule has 12 rings (SSSR count). The van der Waals surface area contributed by atoms with Crippen LogP contribution in [0, 0.1) is 5.92 Å². The molecule has 8 heterocycles. The van der Waals surface area contributed by atoms with Crippen LogP contribution in [0.3, 0.4) is 0 Å². The molecule has 2 aliphatic carbocycles. The first-order chi connectivity index (χ1) is 43.9. The molecule has 5 saturated heterocycles. The van der Waals surface area contributed by atoms with E-state index in [-0.39, 0.29) is 59.7 Å². The first-order valence-electron chi connectivity index (χ1n) is 33.3. The van der Waals surface area contributed by atoms with E-state index in [0.29, 0.717) is 81.7 Å². The molecule has 2 saturated carbocycles. The van der Waals surface area contributed by atoms with Gasteiger partial charge in [-0.15, -0.1) is 0 Å². The molecule has 2 aromatic carbocycles. The number of aromatic nitrogens is 3. The van der Waals surface area contributed by atoms with E-state index >= 15 is 0 Å². The van der Waals surface area contributed by atoms with Crippen LogP contribution in [0.1, 0.15) is 154 Å². The van der Waals surface area contributed by atoms with Crippen LogP contribution >= 0.6 is 0 Å². The molecule has 7 aliphatic rings. The lowest BCUT2D eigenvalue weighted by atomic mass is 9.70. The number of piperidine rings is 1. The molecule has 21 heteroatoms. The number of hydrogen-bond donors (Lipinski definition) is 3. The van der Waals surface area contributed by atoms with E-state index in [2.05, 4.69) is 40.3 Å². The van der Waals surface area contributed by atoms with E-state index in [4.69, 9.17) is 18.9 Å². The monoisotopic (exact) mass is 1250 g/mol. The number of H-pyrrole nitrogens is 1. The Morgan fingerprint density at radius 1 is 0.791 bits per heavy atom. The number of likely N-dealkylation sites (tertiary alicyclic amines) is 1. The summed E-state index contributed by atoms with van der Waals surface area (Å²) < 4.78 is 23.9. The van der Waals surface area contributed by atoms with Gasteiger partial charge in [-0.25, -0.2) is 9.78 Å². The first kappa shape index (κ1) is 64.9. The number of methoxy groups -OCH3 is 1. The van der Waals surface area contributed by atoms with Crippen molar-refractivity contribution in [3.05, 3.63) is 123 Å². The van der Waals surface area contributed by atoms with Gasteiger partial charge in [0.2, 0.25) is 11.8 Å². The van der Waals surface area contributed by atoms with Gasteiger partial charge >= 0.3 is 6.09 Å². The lowest BCUT2D eigenvalue weighted by Gasteiger charge is -2.54. The van der Waals surface area contributed by atoms with Crippen LogP contribution in [0.25, 0.3) is 11.0 Å². The van der Waals surface area contributed by atoms with Crippen LogP contribution in [0.2, 0.25) is 0 Å². The van der Waals surface area contributed by atoms with E-state index in [0.717, 1.165) is 149 Å². The molecule has 0 spiro atoms. The summed E-state index contributed by atoms with van der Waals surface area (Å²) in [7, 11) is 1.58. The summed E-state index contributed by atoms with van der Waals surface area (Å²) in [6.45, 7) is 18.4. The highest BCUT2D eigenvalue weighted by Gasteiger charge is 2.51. The van der Waals surface area contributed by atoms with E-state index < -0.39 is 23.3 Å². The SMILES string of the molecule is CCOc1cc(OC)ccc1CN(CC(=O)N1CCCC(c2cccc(C(=O)N[C@@H](C(=O)N3CCN(CC45CCC(NC(=O)c6ccc(N7CCN(Cc8cnc9cc(CC)c(=O)[nH]c9c8)CC7)cn6)(CC4)CO5)CC3)C3CCCCC3)c2)C1)C(=O)OC(C)(C)C. The van der Waals surface area contributed by atoms with Gasteiger partial charge in [0.05, 0.1) is 60.9 Å². The number of piperazine rings is 2. The Hall–Kier alpha value is -7.62. The molecule has 5 aromatic rings. The average molecular weight is 1250 g/mol. The van der Waals surface area contributed by atoms with Gasteiger partial charge in [-0.1, -0.05) is 38.3 Å². The lowest BCUT2D eigenvalue weighted by molar-refractivity contribution is -0.171. The van der Waals surface area contributed by atoms with Crippen molar-refractivity contribution in [3.8, 4) is 11.5 Å². The van der Waals surface area contributed by atoms with E-state index in [1.807, 2.05) is 78.4 Å². The second-order valence-electron chi connectivity index (χ2n) is 27.1. The number of fused-ring (bicyclic) bond motifs is 4. The second-order valence-corrected chi connectivity index (χ2v) is 27.1. The molecule has 2 bridgehead atoms. The quantitative estimate of drug-likeness (QED) is 0.0670. The van der Waals surface area contributed by atoms with E-state index in [1.165, 1.54) is 4.90 Å². The first-order valence-corrected chi connectivity index (χ1v) is 33.3. The highest BCUT2D eigenvalue weighted by molar-refractivity contribution is 5.98. The minimum atomic E-state index is -0.779. The molecule has 3 aromatic heterocycles. The largest absolute Gasteiger partial charge is 0.497 e. The number of amides is 5. The van der Waals surface area contributed by atoms with Gasteiger partial charge in [0.1, 0.15) is 35.4 Å². The summed E-state index contributed by atoms with van der Waals surface area (Å²) in [5.74, 6) is 0.489. The zero-order valence-electron chi connectivity index (χ0n) is 54.2. The van der Waals surface area contributed by atoms with Crippen molar-refractivity contribution < 1.29 is 42.9 Å². The average Bonchev–Trinajstić information content (AvgIpc) is 0.952. The fourth-order valence-corrected chi connectivity index (χ4v) is 14.4. The Morgan fingerprint density at radius 2 is 1.56 bits per heavy atom. The predicted molar refractivity (Wildman–Crippen MR) is 347 cm³/mol. The van der Waals surface area contributed by atoms with E-state index in [1.54, 1.807) is 52.3 Å².